The molecule has 0 aromatic carbocycles. The minimum absolute atomic E-state index is 0.0706. The van der Waals surface area contributed by atoms with E-state index in [2.05, 4.69) is 11.3 Å². The molecule has 60 valence electrons. The van der Waals surface area contributed by atoms with Crippen molar-refractivity contribution in [2.24, 2.45) is 0 Å². The van der Waals surface area contributed by atoms with Crippen molar-refractivity contribution in [1.82, 2.24) is 0 Å². The van der Waals surface area contributed by atoms with Gasteiger partial charge in [0.25, 0.3) is 0 Å². The number of carbonyl (C=O) groups excluding carboxylic acids is 1. The first-order valence-corrected chi connectivity index (χ1v) is 3.10. The van der Waals surface area contributed by atoms with Gasteiger partial charge in [-0.15, -0.1) is 0 Å². The summed E-state index contributed by atoms with van der Waals surface area (Å²) in [5, 5.41) is 8.59. The summed E-state index contributed by atoms with van der Waals surface area (Å²) in [5.74, 6) is -1.75. The number of cyclic esters (lactones) is 1. The summed E-state index contributed by atoms with van der Waals surface area (Å²) in [6.07, 6.45) is 0.0706. The SMILES string of the molecule is C=C1C[C@@](C)(C(=O)O)OC1=O. The monoisotopic (exact) mass is 156 g/mol. The van der Waals surface area contributed by atoms with Crippen LogP contribution in [0, 0.1) is 0 Å². The molecule has 1 rings (SSSR count). The molecule has 1 heterocycles. The maximum absolute atomic E-state index is 10.7. The minimum Gasteiger partial charge on any atom is -0.478 e. The van der Waals surface area contributed by atoms with Gasteiger partial charge in [-0.25, -0.2) is 9.59 Å². The fourth-order valence-corrected chi connectivity index (χ4v) is 0.911. The number of hydrogen-bond acceptors (Lipinski definition) is 3. The molecule has 4 heteroatoms. The smallest absolute Gasteiger partial charge is 0.348 e. The largest absolute Gasteiger partial charge is 0.478 e. The van der Waals surface area contributed by atoms with Crippen molar-refractivity contribution < 1.29 is 19.4 Å². The Balaban J connectivity index is 2.88. The van der Waals surface area contributed by atoms with Crippen molar-refractivity contribution in [3.8, 4) is 0 Å². The second-order valence-electron chi connectivity index (χ2n) is 2.71. The van der Waals surface area contributed by atoms with Gasteiger partial charge in [0.15, 0.2) is 0 Å². The van der Waals surface area contributed by atoms with E-state index < -0.39 is 17.5 Å². The lowest BCUT2D eigenvalue weighted by Gasteiger charge is -2.14. The van der Waals surface area contributed by atoms with Gasteiger partial charge >= 0.3 is 11.9 Å². The van der Waals surface area contributed by atoms with Crippen LogP contribution >= 0.6 is 0 Å². The lowest BCUT2D eigenvalue weighted by atomic mass is 10.0. The van der Waals surface area contributed by atoms with Crippen LogP contribution in [0.2, 0.25) is 0 Å². The van der Waals surface area contributed by atoms with E-state index in [-0.39, 0.29) is 12.0 Å². The zero-order valence-corrected chi connectivity index (χ0v) is 6.09. The molecule has 0 amide bonds. The zero-order valence-electron chi connectivity index (χ0n) is 6.09. The highest BCUT2D eigenvalue weighted by molar-refractivity contribution is 5.96. The van der Waals surface area contributed by atoms with Crippen LogP contribution in [-0.2, 0) is 14.3 Å². The van der Waals surface area contributed by atoms with E-state index in [1.807, 2.05) is 0 Å². The number of aliphatic carboxylic acids is 1. The Morgan fingerprint density at radius 1 is 1.82 bits per heavy atom. The lowest BCUT2D eigenvalue weighted by Crippen LogP contribution is -2.34. The fourth-order valence-electron chi connectivity index (χ4n) is 0.911. The molecule has 1 aliphatic heterocycles. The third-order valence-electron chi connectivity index (χ3n) is 1.61. The van der Waals surface area contributed by atoms with Crippen molar-refractivity contribution in [2.75, 3.05) is 0 Å². The van der Waals surface area contributed by atoms with Crippen LogP contribution < -0.4 is 0 Å². The highest BCUT2D eigenvalue weighted by Gasteiger charge is 2.45. The van der Waals surface area contributed by atoms with Crippen LogP contribution in [-0.4, -0.2) is 22.6 Å². The van der Waals surface area contributed by atoms with Crippen molar-refractivity contribution in [3.05, 3.63) is 12.2 Å². The molecule has 1 aliphatic rings. The molecule has 0 spiro atoms. The molecule has 1 atom stereocenters. The Morgan fingerprint density at radius 3 is 2.55 bits per heavy atom. The van der Waals surface area contributed by atoms with Crippen LogP contribution in [0.15, 0.2) is 12.2 Å². The van der Waals surface area contributed by atoms with Gasteiger partial charge < -0.3 is 9.84 Å². The van der Waals surface area contributed by atoms with Gasteiger partial charge in [-0.1, -0.05) is 6.58 Å². The molecule has 0 aromatic rings. The summed E-state index contributed by atoms with van der Waals surface area (Å²) in [4.78, 5) is 21.2. The molecule has 1 N–H and O–H groups in total. The molecule has 0 saturated carbocycles. The molecule has 4 nitrogen and oxygen atoms in total. The Morgan fingerprint density at radius 2 is 2.36 bits per heavy atom. The van der Waals surface area contributed by atoms with Crippen molar-refractivity contribution in [2.45, 2.75) is 18.9 Å². The van der Waals surface area contributed by atoms with Crippen LogP contribution in [0.25, 0.3) is 0 Å². The first kappa shape index (κ1) is 7.78. The van der Waals surface area contributed by atoms with E-state index in [1.165, 1.54) is 6.92 Å². The maximum Gasteiger partial charge on any atom is 0.348 e. The van der Waals surface area contributed by atoms with E-state index in [1.54, 1.807) is 0 Å². The summed E-state index contributed by atoms with van der Waals surface area (Å²) >= 11 is 0. The Labute approximate surface area is 63.5 Å². The van der Waals surface area contributed by atoms with E-state index in [0.717, 1.165) is 0 Å². The Hall–Kier alpha value is -1.32. The van der Waals surface area contributed by atoms with E-state index in [0.29, 0.717) is 0 Å². The molecule has 0 bridgehead atoms. The second kappa shape index (κ2) is 2.08. The lowest BCUT2D eigenvalue weighted by molar-refractivity contribution is -0.167. The van der Waals surface area contributed by atoms with Crippen LogP contribution in [0.3, 0.4) is 0 Å². The van der Waals surface area contributed by atoms with Crippen LogP contribution in [0.1, 0.15) is 13.3 Å². The second-order valence-corrected chi connectivity index (χ2v) is 2.71. The first-order valence-electron chi connectivity index (χ1n) is 3.10. The maximum atomic E-state index is 10.7. The number of ether oxygens (including phenoxy) is 1. The topological polar surface area (TPSA) is 63.6 Å². The van der Waals surface area contributed by atoms with Crippen LogP contribution in [0.4, 0.5) is 0 Å². The molecular formula is C7H8O4. The normalized spacial score (nSPS) is 30.3. The first-order chi connectivity index (χ1) is 4.96. The van der Waals surface area contributed by atoms with Gasteiger partial charge in [-0.2, -0.15) is 0 Å². The highest BCUT2D eigenvalue weighted by atomic mass is 16.6. The summed E-state index contributed by atoms with van der Waals surface area (Å²) in [6, 6.07) is 0. The third kappa shape index (κ3) is 1.11. The van der Waals surface area contributed by atoms with E-state index in [4.69, 9.17) is 5.11 Å². The van der Waals surface area contributed by atoms with Gasteiger partial charge in [0.1, 0.15) is 0 Å². The molecule has 0 aromatic heterocycles. The zero-order chi connectivity index (χ0) is 8.65. The van der Waals surface area contributed by atoms with Crippen molar-refractivity contribution >= 4 is 11.9 Å². The quantitative estimate of drug-likeness (QED) is 0.439. The van der Waals surface area contributed by atoms with Gasteiger partial charge in [-0.05, 0) is 6.92 Å². The van der Waals surface area contributed by atoms with Gasteiger partial charge in [-0.3, -0.25) is 0 Å². The van der Waals surface area contributed by atoms with E-state index in [9.17, 15) is 9.59 Å². The number of carbonyl (C=O) groups is 2. The predicted molar refractivity (Wildman–Crippen MR) is 35.9 cm³/mol. The van der Waals surface area contributed by atoms with Crippen molar-refractivity contribution in [3.63, 3.8) is 0 Å². The highest BCUT2D eigenvalue weighted by Crippen LogP contribution is 2.29. The van der Waals surface area contributed by atoms with Gasteiger partial charge in [0.05, 0.1) is 0 Å². The van der Waals surface area contributed by atoms with Gasteiger partial charge in [0.2, 0.25) is 5.60 Å². The Bertz CT molecular complexity index is 225. The average Bonchev–Trinajstić information content (AvgIpc) is 2.09. The molecule has 1 fully saturated rings. The number of hydrogen-bond donors (Lipinski definition) is 1. The summed E-state index contributed by atoms with van der Waals surface area (Å²) in [6.45, 7) is 4.73. The van der Waals surface area contributed by atoms with E-state index >= 15 is 0 Å². The predicted octanol–water partition coefficient (Wildman–Crippen LogP) is 0.333. The standard InChI is InChI=1S/C7H8O4/c1-4-3-7(2,6(9)10)11-5(4)8/h1,3H2,2H3,(H,9,10)/t7-/m0/s1. The average molecular weight is 156 g/mol. The van der Waals surface area contributed by atoms with Crippen molar-refractivity contribution in [1.29, 1.82) is 0 Å². The van der Waals surface area contributed by atoms with Gasteiger partial charge in [0, 0.05) is 12.0 Å². The molecule has 0 unspecified atom stereocenters. The molecule has 11 heavy (non-hydrogen) atoms. The number of carboxylic acids is 1. The fraction of sp³-hybridized carbons (Fsp3) is 0.429. The summed E-state index contributed by atoms with van der Waals surface area (Å²) < 4.78 is 4.58. The number of carboxylic acid groups (broad SMARTS) is 1. The molecular weight excluding hydrogens is 148 g/mol. The summed E-state index contributed by atoms with van der Waals surface area (Å²) in [5.41, 5.74) is -1.18. The number of esters is 1. The molecule has 0 aliphatic carbocycles. The molecule has 0 radical (unpaired) electrons. The third-order valence-corrected chi connectivity index (χ3v) is 1.61. The molecule has 1 saturated heterocycles. The Kier molecular flexibility index (Phi) is 1.47. The minimum atomic E-state index is -1.39. The number of rotatable bonds is 1. The summed E-state index contributed by atoms with van der Waals surface area (Å²) in [7, 11) is 0. The van der Waals surface area contributed by atoms with Crippen LogP contribution in [0.5, 0.6) is 0 Å².